The van der Waals surface area contributed by atoms with E-state index in [9.17, 15) is 9.59 Å². The van der Waals surface area contributed by atoms with E-state index in [0.717, 1.165) is 22.1 Å². The Bertz CT molecular complexity index is 1360. The van der Waals surface area contributed by atoms with Crippen LogP contribution in [0.1, 0.15) is 36.5 Å². The highest BCUT2D eigenvalue weighted by Crippen LogP contribution is 2.26. The Morgan fingerprint density at radius 2 is 1.69 bits per heavy atom. The van der Waals surface area contributed by atoms with Crippen LogP contribution in [0.4, 0.5) is 5.69 Å². The molecule has 0 aliphatic heterocycles. The number of rotatable bonds is 5. The number of para-hydroxylation sites is 1. The molecule has 1 amide bonds. The second kappa shape index (κ2) is 9.06. The zero-order valence-electron chi connectivity index (χ0n) is 18.4. The molecule has 4 nitrogen and oxygen atoms in total. The van der Waals surface area contributed by atoms with Gasteiger partial charge in [-0.1, -0.05) is 62.4 Å². The van der Waals surface area contributed by atoms with Gasteiger partial charge in [0.2, 0.25) is 5.91 Å². The third-order valence-corrected chi connectivity index (χ3v) is 5.46. The van der Waals surface area contributed by atoms with Crippen LogP contribution in [0.3, 0.4) is 0 Å². The second-order valence-electron chi connectivity index (χ2n) is 8.16. The molecule has 4 rings (SSSR count). The van der Waals surface area contributed by atoms with Crippen molar-refractivity contribution in [3.8, 4) is 11.1 Å². The van der Waals surface area contributed by atoms with E-state index in [4.69, 9.17) is 4.42 Å². The molecule has 3 aromatic carbocycles. The monoisotopic (exact) mass is 423 g/mol. The first-order valence-corrected chi connectivity index (χ1v) is 10.6. The molecule has 0 atom stereocenters. The summed E-state index contributed by atoms with van der Waals surface area (Å²) < 4.78 is 5.46. The summed E-state index contributed by atoms with van der Waals surface area (Å²) in [4.78, 5) is 24.8. The van der Waals surface area contributed by atoms with Crippen molar-refractivity contribution in [2.24, 2.45) is 0 Å². The highest BCUT2D eigenvalue weighted by atomic mass is 16.4. The van der Waals surface area contributed by atoms with Crippen molar-refractivity contribution in [1.29, 1.82) is 0 Å². The summed E-state index contributed by atoms with van der Waals surface area (Å²) in [5.41, 5.74) is 5.25. The minimum absolute atomic E-state index is 0.213. The maximum atomic E-state index is 12.5. The number of hydrogen-bond donors (Lipinski definition) is 1. The molecule has 0 unspecified atom stereocenters. The minimum Gasteiger partial charge on any atom is -0.422 e. The molecule has 32 heavy (non-hydrogen) atoms. The Hall–Kier alpha value is -3.92. The summed E-state index contributed by atoms with van der Waals surface area (Å²) >= 11 is 0. The summed E-state index contributed by atoms with van der Waals surface area (Å²) in [6, 6.07) is 22.9. The molecule has 0 bridgehead atoms. The van der Waals surface area contributed by atoms with E-state index >= 15 is 0 Å². The van der Waals surface area contributed by atoms with Crippen molar-refractivity contribution in [3.63, 3.8) is 0 Å². The number of aryl methyl sites for hydroxylation is 1. The van der Waals surface area contributed by atoms with Gasteiger partial charge in [0, 0.05) is 17.1 Å². The lowest BCUT2D eigenvalue weighted by Gasteiger charge is -2.09. The Kier molecular flexibility index (Phi) is 6.04. The molecule has 4 heteroatoms. The highest BCUT2D eigenvalue weighted by molar-refractivity contribution is 6.02. The van der Waals surface area contributed by atoms with Gasteiger partial charge >= 0.3 is 5.63 Å². The molecule has 160 valence electrons. The van der Waals surface area contributed by atoms with Gasteiger partial charge in [0.1, 0.15) is 5.58 Å². The summed E-state index contributed by atoms with van der Waals surface area (Å²) in [6.07, 6.45) is 3.31. The third kappa shape index (κ3) is 4.70. The lowest BCUT2D eigenvalue weighted by atomic mass is 10.0. The first-order chi connectivity index (χ1) is 15.4. The van der Waals surface area contributed by atoms with Crippen LogP contribution in [0.5, 0.6) is 0 Å². The molecule has 0 aliphatic rings. The van der Waals surface area contributed by atoms with E-state index in [-0.39, 0.29) is 11.5 Å². The van der Waals surface area contributed by atoms with Gasteiger partial charge in [0.15, 0.2) is 0 Å². The number of benzene rings is 3. The number of carbonyl (C=O) groups is 1. The van der Waals surface area contributed by atoms with Crippen molar-refractivity contribution in [3.05, 3.63) is 106 Å². The molecular formula is C28H25NO3. The van der Waals surface area contributed by atoms with Crippen molar-refractivity contribution in [1.82, 2.24) is 0 Å². The molecule has 0 spiro atoms. The summed E-state index contributed by atoms with van der Waals surface area (Å²) in [6.45, 7) is 6.21. The smallest absolute Gasteiger partial charge is 0.344 e. The largest absolute Gasteiger partial charge is 0.422 e. The number of carbonyl (C=O) groups excluding carboxylic acids is 1. The van der Waals surface area contributed by atoms with Crippen LogP contribution in [0.2, 0.25) is 0 Å². The van der Waals surface area contributed by atoms with Crippen molar-refractivity contribution >= 4 is 28.6 Å². The van der Waals surface area contributed by atoms with Crippen molar-refractivity contribution in [2.45, 2.75) is 26.7 Å². The fourth-order valence-corrected chi connectivity index (χ4v) is 3.64. The topological polar surface area (TPSA) is 59.3 Å². The Morgan fingerprint density at radius 3 is 2.41 bits per heavy atom. The van der Waals surface area contributed by atoms with E-state index in [1.807, 2.05) is 55.5 Å². The van der Waals surface area contributed by atoms with Crippen LogP contribution in [0, 0.1) is 6.92 Å². The van der Waals surface area contributed by atoms with Gasteiger partial charge in [0.05, 0.1) is 5.56 Å². The summed E-state index contributed by atoms with van der Waals surface area (Å²) in [5.74, 6) is 0.263. The van der Waals surface area contributed by atoms with Crippen molar-refractivity contribution in [2.75, 3.05) is 5.32 Å². The van der Waals surface area contributed by atoms with Crippen LogP contribution < -0.4 is 10.9 Å². The second-order valence-corrected chi connectivity index (χ2v) is 8.16. The zero-order chi connectivity index (χ0) is 22.7. The number of amides is 1. The van der Waals surface area contributed by atoms with E-state index < -0.39 is 0 Å². The lowest BCUT2D eigenvalue weighted by molar-refractivity contribution is -0.111. The Labute approximate surface area is 187 Å². The molecule has 0 saturated heterocycles. The maximum absolute atomic E-state index is 12.5. The summed E-state index contributed by atoms with van der Waals surface area (Å²) in [5, 5.41) is 3.74. The molecule has 0 saturated carbocycles. The standard InChI is InChI=1S/C28H25NO3/c1-18(2)21-11-8-20(9-12-21)10-15-27(30)29-23-13-14-24(19(3)16-23)25-17-22-6-4-5-7-26(22)32-28(25)31/h4-18H,1-3H3,(H,29,30). The molecular weight excluding hydrogens is 398 g/mol. The van der Waals surface area contributed by atoms with E-state index in [0.29, 0.717) is 22.8 Å². The van der Waals surface area contributed by atoms with Crippen LogP contribution in [-0.2, 0) is 4.79 Å². The van der Waals surface area contributed by atoms with Crippen molar-refractivity contribution < 1.29 is 9.21 Å². The predicted octanol–water partition coefficient (Wildman–Crippen LogP) is 6.54. The average molecular weight is 424 g/mol. The van der Waals surface area contributed by atoms with Crippen LogP contribution >= 0.6 is 0 Å². The summed E-state index contributed by atoms with van der Waals surface area (Å²) in [7, 11) is 0. The molecule has 1 N–H and O–H groups in total. The SMILES string of the molecule is Cc1cc(NC(=O)C=Cc2ccc(C(C)C)cc2)ccc1-c1cc2ccccc2oc1=O. The van der Waals surface area contributed by atoms with Crippen LogP contribution in [0.15, 0.2) is 88.1 Å². The zero-order valence-corrected chi connectivity index (χ0v) is 18.4. The Balaban J connectivity index is 1.50. The molecule has 0 fully saturated rings. The molecule has 1 heterocycles. The number of nitrogens with one attached hydrogen (secondary N) is 1. The van der Waals surface area contributed by atoms with Gasteiger partial charge in [-0.05, 0) is 65.4 Å². The van der Waals surface area contributed by atoms with E-state index in [1.54, 1.807) is 18.2 Å². The molecule has 4 aromatic rings. The fourth-order valence-electron chi connectivity index (χ4n) is 3.64. The van der Waals surface area contributed by atoms with E-state index in [1.165, 1.54) is 11.6 Å². The van der Waals surface area contributed by atoms with Crippen LogP contribution in [0.25, 0.3) is 28.2 Å². The first-order valence-electron chi connectivity index (χ1n) is 10.6. The Morgan fingerprint density at radius 1 is 0.938 bits per heavy atom. The van der Waals surface area contributed by atoms with Gasteiger partial charge in [-0.2, -0.15) is 0 Å². The predicted molar refractivity (Wildman–Crippen MR) is 131 cm³/mol. The van der Waals surface area contributed by atoms with Gasteiger partial charge < -0.3 is 9.73 Å². The first kappa shape index (κ1) is 21.3. The van der Waals surface area contributed by atoms with Gasteiger partial charge in [0.25, 0.3) is 0 Å². The minimum atomic E-state index is -0.380. The quantitative estimate of drug-likeness (QED) is 0.293. The molecule has 1 aromatic heterocycles. The third-order valence-electron chi connectivity index (χ3n) is 5.46. The molecule has 0 radical (unpaired) electrons. The molecule has 0 aliphatic carbocycles. The highest BCUT2D eigenvalue weighted by Gasteiger charge is 2.11. The van der Waals surface area contributed by atoms with Gasteiger partial charge in [-0.15, -0.1) is 0 Å². The number of hydrogen-bond acceptors (Lipinski definition) is 3. The van der Waals surface area contributed by atoms with Gasteiger partial charge in [-0.25, -0.2) is 4.79 Å². The number of anilines is 1. The number of fused-ring (bicyclic) bond motifs is 1. The average Bonchev–Trinajstić information content (AvgIpc) is 2.78. The normalized spacial score (nSPS) is 11.4. The lowest BCUT2D eigenvalue weighted by Crippen LogP contribution is -2.08. The maximum Gasteiger partial charge on any atom is 0.344 e. The van der Waals surface area contributed by atoms with E-state index in [2.05, 4.69) is 31.3 Å². The fraction of sp³-hybridized carbons (Fsp3) is 0.143. The van der Waals surface area contributed by atoms with Crippen LogP contribution in [-0.4, -0.2) is 5.91 Å². The van der Waals surface area contributed by atoms with Gasteiger partial charge in [-0.3, -0.25) is 4.79 Å².